The zero-order valence-electron chi connectivity index (χ0n) is 15.0. The molecule has 0 bridgehead atoms. The number of hydrogen-bond acceptors (Lipinski definition) is 4. The first-order valence-corrected chi connectivity index (χ1v) is 10.1. The summed E-state index contributed by atoms with van der Waals surface area (Å²) in [5.41, 5.74) is 2.93. The molecule has 130 valence electrons. The highest BCUT2D eigenvalue weighted by Gasteiger charge is 2.30. The van der Waals surface area contributed by atoms with E-state index < -0.39 is 15.1 Å². The lowest BCUT2D eigenvalue weighted by Gasteiger charge is -2.28. The number of sulfone groups is 1. The van der Waals surface area contributed by atoms with Gasteiger partial charge >= 0.3 is 0 Å². The zero-order chi connectivity index (χ0) is 17.5. The summed E-state index contributed by atoms with van der Waals surface area (Å²) >= 11 is 0. The fourth-order valence-corrected chi connectivity index (χ4v) is 4.05. The number of aryl methyl sites for hydroxylation is 1. The molecule has 2 atom stereocenters. The summed E-state index contributed by atoms with van der Waals surface area (Å²) in [6, 6.07) is 2.31. The Morgan fingerprint density at radius 1 is 1.35 bits per heavy atom. The molecule has 1 saturated carbocycles. The number of aromatic nitrogens is 1. The number of likely N-dealkylation sites (N-methyl/N-ethyl adjacent to an activating group) is 1. The van der Waals surface area contributed by atoms with Crippen LogP contribution in [-0.2, 0) is 9.84 Å². The summed E-state index contributed by atoms with van der Waals surface area (Å²) in [6.07, 6.45) is 3.62. The zero-order valence-corrected chi connectivity index (χ0v) is 15.8. The van der Waals surface area contributed by atoms with Crippen LogP contribution < -0.4 is 0 Å². The van der Waals surface area contributed by atoms with Crippen LogP contribution in [-0.4, -0.2) is 54.8 Å². The maximum atomic E-state index is 12.7. The number of rotatable bonds is 7. The Morgan fingerprint density at radius 3 is 2.39 bits per heavy atom. The minimum atomic E-state index is -3.12. The lowest BCUT2D eigenvalue weighted by atomic mass is 10.1. The Balaban J connectivity index is 2.11. The Labute approximate surface area is 139 Å². The maximum Gasteiger partial charge on any atom is 0.178 e. The number of hydrogen-bond donors (Lipinski definition) is 0. The largest absolute Gasteiger partial charge is 0.345 e. The Kier molecular flexibility index (Phi) is 5.06. The third-order valence-corrected chi connectivity index (χ3v) is 6.88. The highest BCUT2D eigenvalue weighted by molar-refractivity contribution is 7.91. The minimum absolute atomic E-state index is 0.0556. The van der Waals surface area contributed by atoms with Crippen LogP contribution >= 0.6 is 0 Å². The summed E-state index contributed by atoms with van der Waals surface area (Å²) in [7, 11) is -1.31. The van der Waals surface area contributed by atoms with Gasteiger partial charge < -0.3 is 4.57 Å². The molecule has 0 unspecified atom stereocenters. The van der Waals surface area contributed by atoms with E-state index in [1.54, 1.807) is 6.92 Å². The third-order valence-electron chi connectivity index (χ3n) is 5.14. The molecule has 5 nitrogen and oxygen atoms in total. The third kappa shape index (κ3) is 3.86. The van der Waals surface area contributed by atoms with Gasteiger partial charge in [-0.3, -0.25) is 9.69 Å². The molecule has 0 radical (unpaired) electrons. The Bertz CT molecular complexity index is 702. The topological polar surface area (TPSA) is 59.4 Å². The molecule has 0 saturated heterocycles. The molecule has 0 N–H and O–H groups in total. The average molecular weight is 340 g/mol. The second-order valence-corrected chi connectivity index (χ2v) is 9.40. The van der Waals surface area contributed by atoms with Crippen LogP contribution in [0.3, 0.4) is 0 Å². The molecule has 1 heterocycles. The quantitative estimate of drug-likeness (QED) is 0.715. The van der Waals surface area contributed by atoms with E-state index in [9.17, 15) is 13.2 Å². The van der Waals surface area contributed by atoms with Gasteiger partial charge in [0.25, 0.3) is 0 Å². The van der Waals surface area contributed by atoms with Crippen molar-refractivity contribution in [3.63, 3.8) is 0 Å². The maximum absolute atomic E-state index is 12.7. The SMILES string of the molecule is Cc1cc(C(=O)CN(C)[C@H](C)[C@H](C)S(C)(=O)=O)c(C)n1C1CC1. The number of carbonyl (C=O) groups excluding carboxylic acids is 1. The van der Waals surface area contributed by atoms with Crippen molar-refractivity contribution in [2.75, 3.05) is 19.8 Å². The van der Waals surface area contributed by atoms with E-state index in [1.165, 1.54) is 19.1 Å². The number of ketones is 1. The van der Waals surface area contributed by atoms with Crippen molar-refractivity contribution in [1.29, 1.82) is 0 Å². The first kappa shape index (κ1) is 18.2. The predicted molar refractivity (Wildman–Crippen MR) is 92.9 cm³/mol. The van der Waals surface area contributed by atoms with Gasteiger partial charge in [-0.15, -0.1) is 0 Å². The second-order valence-electron chi connectivity index (χ2n) is 7.00. The number of carbonyl (C=O) groups is 1. The number of nitrogens with zero attached hydrogens (tertiary/aromatic N) is 2. The Hall–Kier alpha value is -1.14. The van der Waals surface area contributed by atoms with Crippen molar-refractivity contribution in [3.8, 4) is 0 Å². The van der Waals surface area contributed by atoms with Gasteiger partial charge in [-0.25, -0.2) is 8.42 Å². The second kappa shape index (κ2) is 6.40. The van der Waals surface area contributed by atoms with Crippen molar-refractivity contribution in [1.82, 2.24) is 9.47 Å². The van der Waals surface area contributed by atoms with Gasteiger partial charge in [-0.1, -0.05) is 0 Å². The van der Waals surface area contributed by atoms with Gasteiger partial charge in [0.1, 0.15) is 0 Å². The van der Waals surface area contributed by atoms with Crippen molar-refractivity contribution < 1.29 is 13.2 Å². The summed E-state index contributed by atoms with van der Waals surface area (Å²) < 4.78 is 25.7. The van der Waals surface area contributed by atoms with Crippen LogP contribution in [0.15, 0.2) is 6.07 Å². The fourth-order valence-electron chi connectivity index (χ4n) is 3.13. The van der Waals surface area contributed by atoms with Crippen LogP contribution in [0.5, 0.6) is 0 Å². The van der Waals surface area contributed by atoms with E-state index in [1.807, 2.05) is 38.8 Å². The number of Topliss-reactive ketones (excluding diaryl/α,β-unsaturated/α-hetero) is 1. The molecule has 1 aromatic rings. The van der Waals surface area contributed by atoms with Crippen molar-refractivity contribution in [3.05, 3.63) is 23.0 Å². The minimum Gasteiger partial charge on any atom is -0.345 e. The summed E-state index contributed by atoms with van der Waals surface area (Å²) in [5.74, 6) is 0.0556. The molecule has 23 heavy (non-hydrogen) atoms. The summed E-state index contributed by atoms with van der Waals surface area (Å²) in [5, 5.41) is -0.501. The van der Waals surface area contributed by atoms with Gasteiger partial charge in [0.15, 0.2) is 15.6 Å². The van der Waals surface area contributed by atoms with E-state index in [0.717, 1.165) is 17.0 Å². The molecule has 2 rings (SSSR count). The Morgan fingerprint density at radius 2 is 1.91 bits per heavy atom. The molecule has 0 amide bonds. The summed E-state index contributed by atoms with van der Waals surface area (Å²) in [6.45, 7) is 7.82. The van der Waals surface area contributed by atoms with E-state index in [-0.39, 0.29) is 18.4 Å². The molecule has 1 aromatic heterocycles. The van der Waals surface area contributed by atoms with Crippen molar-refractivity contribution in [2.24, 2.45) is 0 Å². The standard InChI is InChI=1S/C17H28N2O3S/c1-11-9-16(13(3)19(11)15-7-8-15)17(20)10-18(5)12(2)14(4)23(6,21)22/h9,12,14-15H,7-8,10H2,1-6H3/t12-,14+/m1/s1. The average Bonchev–Trinajstić information content (AvgIpc) is 3.22. The first-order chi connectivity index (χ1) is 10.5. The molecule has 0 aliphatic heterocycles. The van der Waals surface area contributed by atoms with Gasteiger partial charge in [0, 0.05) is 35.3 Å². The van der Waals surface area contributed by atoms with Crippen LogP contribution in [0.4, 0.5) is 0 Å². The molecule has 0 spiro atoms. The lowest BCUT2D eigenvalue weighted by Crippen LogP contribution is -2.43. The first-order valence-electron chi connectivity index (χ1n) is 8.14. The predicted octanol–water partition coefficient (Wildman–Crippen LogP) is 2.38. The monoisotopic (exact) mass is 340 g/mol. The van der Waals surface area contributed by atoms with Crippen LogP contribution in [0.2, 0.25) is 0 Å². The molecule has 0 aromatic carbocycles. The summed E-state index contributed by atoms with van der Waals surface area (Å²) in [4.78, 5) is 14.5. The van der Waals surface area contributed by atoms with Crippen molar-refractivity contribution in [2.45, 2.75) is 57.9 Å². The molecule has 1 aliphatic rings. The highest BCUT2D eigenvalue weighted by Crippen LogP contribution is 2.38. The van der Waals surface area contributed by atoms with Gasteiger partial charge in [0.05, 0.1) is 11.8 Å². The van der Waals surface area contributed by atoms with Crippen molar-refractivity contribution >= 4 is 15.6 Å². The molecular weight excluding hydrogens is 312 g/mol. The van der Waals surface area contributed by atoms with Gasteiger partial charge in [-0.05, 0) is 53.7 Å². The highest BCUT2D eigenvalue weighted by atomic mass is 32.2. The molecule has 6 heteroatoms. The van der Waals surface area contributed by atoms with Gasteiger partial charge in [0.2, 0.25) is 0 Å². The normalized spacial score (nSPS) is 18.2. The molecule has 1 aliphatic carbocycles. The van der Waals surface area contributed by atoms with Crippen LogP contribution in [0.1, 0.15) is 54.5 Å². The lowest BCUT2D eigenvalue weighted by molar-refractivity contribution is 0.0923. The van der Waals surface area contributed by atoms with Gasteiger partial charge in [-0.2, -0.15) is 0 Å². The van der Waals surface area contributed by atoms with Crippen LogP contribution in [0.25, 0.3) is 0 Å². The van der Waals surface area contributed by atoms with E-state index >= 15 is 0 Å². The van der Waals surface area contributed by atoms with E-state index in [0.29, 0.717) is 6.04 Å². The smallest absolute Gasteiger partial charge is 0.178 e. The molecule has 1 fully saturated rings. The molecular formula is C17H28N2O3S. The van der Waals surface area contributed by atoms with E-state index in [2.05, 4.69) is 4.57 Å². The van der Waals surface area contributed by atoms with E-state index in [4.69, 9.17) is 0 Å². The van der Waals surface area contributed by atoms with Crippen LogP contribution in [0, 0.1) is 13.8 Å². The fraction of sp³-hybridized carbons (Fsp3) is 0.706.